The normalized spacial score (nSPS) is 18.5. The first-order valence-corrected chi connectivity index (χ1v) is 6.59. The van der Waals surface area contributed by atoms with Crippen molar-refractivity contribution < 1.29 is 4.42 Å². The van der Waals surface area contributed by atoms with Crippen LogP contribution in [0.2, 0.25) is 0 Å². The number of fused-ring (bicyclic) bond motifs is 1. The van der Waals surface area contributed by atoms with E-state index in [-0.39, 0.29) is 11.8 Å². The van der Waals surface area contributed by atoms with E-state index in [1.807, 2.05) is 24.3 Å². The van der Waals surface area contributed by atoms with Gasteiger partial charge in [-0.2, -0.15) is 0 Å². The average Bonchev–Trinajstić information content (AvgIpc) is 2.98. The molecule has 1 atom stereocenters. The van der Waals surface area contributed by atoms with E-state index < -0.39 is 0 Å². The number of nitrogens with zero attached hydrogens (tertiary/aromatic N) is 1. The van der Waals surface area contributed by atoms with Gasteiger partial charge < -0.3 is 10.2 Å². The lowest BCUT2D eigenvalue weighted by Gasteiger charge is -2.18. The van der Waals surface area contributed by atoms with Crippen LogP contribution in [-0.2, 0) is 6.54 Å². The van der Waals surface area contributed by atoms with Crippen LogP contribution in [0.4, 0.5) is 0 Å². The molecule has 0 radical (unpaired) electrons. The van der Waals surface area contributed by atoms with E-state index in [1.54, 1.807) is 4.57 Å². The van der Waals surface area contributed by atoms with Crippen LogP contribution in [0.25, 0.3) is 11.1 Å². The summed E-state index contributed by atoms with van der Waals surface area (Å²) in [5.74, 6) is 0.246. The highest BCUT2D eigenvalue weighted by Gasteiger charge is 2.23. The number of benzene rings is 1. The van der Waals surface area contributed by atoms with Crippen LogP contribution in [0.3, 0.4) is 0 Å². The first kappa shape index (κ1) is 11.5. The second kappa shape index (κ2) is 4.61. The van der Waals surface area contributed by atoms with Gasteiger partial charge in [0.2, 0.25) is 0 Å². The summed E-state index contributed by atoms with van der Waals surface area (Å²) in [4.78, 5) is 11.8. The Kier molecular flexibility index (Phi) is 2.96. The molecule has 0 saturated heterocycles. The summed E-state index contributed by atoms with van der Waals surface area (Å²) in [6.07, 6.45) is 4.90. The molecule has 0 amide bonds. The Hall–Kier alpha value is -1.55. The number of para-hydroxylation sites is 2. The topological polar surface area (TPSA) is 61.2 Å². The molecule has 1 aromatic carbocycles. The van der Waals surface area contributed by atoms with E-state index in [1.165, 1.54) is 25.7 Å². The van der Waals surface area contributed by atoms with Crippen molar-refractivity contribution in [3.63, 3.8) is 0 Å². The van der Waals surface area contributed by atoms with Crippen LogP contribution in [0.15, 0.2) is 33.5 Å². The third kappa shape index (κ3) is 1.97. The van der Waals surface area contributed by atoms with Crippen molar-refractivity contribution >= 4 is 11.1 Å². The average molecular weight is 246 g/mol. The maximum absolute atomic E-state index is 11.8. The van der Waals surface area contributed by atoms with Gasteiger partial charge in [-0.15, -0.1) is 0 Å². The van der Waals surface area contributed by atoms with Crippen LogP contribution in [0, 0.1) is 5.92 Å². The molecule has 96 valence electrons. The van der Waals surface area contributed by atoms with Gasteiger partial charge in [-0.3, -0.25) is 4.57 Å². The van der Waals surface area contributed by atoms with Crippen molar-refractivity contribution in [3.8, 4) is 0 Å². The van der Waals surface area contributed by atoms with Gasteiger partial charge in [0.25, 0.3) is 0 Å². The summed E-state index contributed by atoms with van der Waals surface area (Å²) in [5, 5.41) is 0. The molecular formula is C14H18N2O2. The van der Waals surface area contributed by atoms with Gasteiger partial charge in [0, 0.05) is 12.6 Å². The molecule has 0 spiro atoms. The van der Waals surface area contributed by atoms with Crippen LogP contribution >= 0.6 is 0 Å². The van der Waals surface area contributed by atoms with E-state index in [0.29, 0.717) is 18.0 Å². The summed E-state index contributed by atoms with van der Waals surface area (Å²) in [5.41, 5.74) is 7.71. The molecule has 3 rings (SSSR count). The van der Waals surface area contributed by atoms with Crippen LogP contribution in [0.5, 0.6) is 0 Å². The summed E-state index contributed by atoms with van der Waals surface area (Å²) >= 11 is 0. The smallest absolute Gasteiger partial charge is 0.408 e. The van der Waals surface area contributed by atoms with Gasteiger partial charge in [-0.05, 0) is 30.9 Å². The highest BCUT2D eigenvalue weighted by Crippen LogP contribution is 2.27. The highest BCUT2D eigenvalue weighted by atomic mass is 16.4. The van der Waals surface area contributed by atoms with E-state index in [0.717, 1.165) is 5.52 Å². The number of rotatable bonds is 3. The minimum absolute atomic E-state index is 0.0474. The predicted molar refractivity (Wildman–Crippen MR) is 70.4 cm³/mol. The molecule has 0 aliphatic heterocycles. The fourth-order valence-electron chi connectivity index (χ4n) is 2.93. The SMILES string of the molecule is NC(Cn1c(=O)oc2ccccc21)C1CCCC1. The summed E-state index contributed by atoms with van der Waals surface area (Å²) in [6, 6.07) is 7.54. The number of hydrogen-bond acceptors (Lipinski definition) is 3. The molecule has 18 heavy (non-hydrogen) atoms. The molecule has 4 nitrogen and oxygen atoms in total. The van der Waals surface area contributed by atoms with Crippen molar-refractivity contribution in [2.45, 2.75) is 38.3 Å². The fraction of sp³-hybridized carbons (Fsp3) is 0.500. The number of oxazole rings is 1. The second-order valence-corrected chi connectivity index (χ2v) is 5.15. The molecule has 1 saturated carbocycles. The van der Waals surface area contributed by atoms with Gasteiger partial charge in [-0.1, -0.05) is 25.0 Å². The summed E-state index contributed by atoms with van der Waals surface area (Å²) in [7, 11) is 0. The standard InChI is InChI=1S/C14H18N2O2/c15-11(10-5-1-2-6-10)9-16-12-7-3-4-8-13(12)18-14(16)17/h3-4,7-8,10-11H,1-2,5-6,9,15H2. The van der Waals surface area contributed by atoms with Gasteiger partial charge in [0.15, 0.2) is 5.58 Å². The predicted octanol–water partition coefficient (Wildman–Crippen LogP) is 2.11. The highest BCUT2D eigenvalue weighted by molar-refractivity contribution is 5.72. The van der Waals surface area contributed by atoms with Crippen molar-refractivity contribution in [1.82, 2.24) is 4.57 Å². The minimum atomic E-state index is -0.301. The zero-order chi connectivity index (χ0) is 12.5. The first-order valence-electron chi connectivity index (χ1n) is 6.59. The minimum Gasteiger partial charge on any atom is -0.408 e. The van der Waals surface area contributed by atoms with Crippen LogP contribution in [-0.4, -0.2) is 10.6 Å². The maximum atomic E-state index is 11.8. The third-order valence-electron chi connectivity index (χ3n) is 3.97. The van der Waals surface area contributed by atoms with E-state index in [4.69, 9.17) is 10.2 Å². The Morgan fingerprint density at radius 3 is 2.83 bits per heavy atom. The molecule has 2 aromatic rings. The Balaban J connectivity index is 1.89. The van der Waals surface area contributed by atoms with Gasteiger partial charge in [0.05, 0.1) is 5.52 Å². The second-order valence-electron chi connectivity index (χ2n) is 5.15. The molecule has 1 fully saturated rings. The Bertz CT molecular complexity index is 593. The van der Waals surface area contributed by atoms with E-state index in [9.17, 15) is 4.79 Å². The Morgan fingerprint density at radius 2 is 2.06 bits per heavy atom. The quantitative estimate of drug-likeness (QED) is 0.902. The monoisotopic (exact) mass is 246 g/mol. The van der Waals surface area contributed by atoms with Gasteiger partial charge in [-0.25, -0.2) is 4.79 Å². The van der Waals surface area contributed by atoms with Gasteiger partial charge in [0.1, 0.15) is 0 Å². The lowest BCUT2D eigenvalue weighted by molar-refractivity contribution is 0.375. The maximum Gasteiger partial charge on any atom is 0.420 e. The Labute approximate surface area is 105 Å². The molecule has 4 heteroatoms. The van der Waals surface area contributed by atoms with E-state index in [2.05, 4.69) is 0 Å². The van der Waals surface area contributed by atoms with Crippen molar-refractivity contribution in [2.75, 3.05) is 0 Å². The summed E-state index contributed by atoms with van der Waals surface area (Å²) < 4.78 is 6.88. The fourth-order valence-corrected chi connectivity index (χ4v) is 2.93. The molecule has 1 aromatic heterocycles. The molecule has 1 unspecified atom stereocenters. The van der Waals surface area contributed by atoms with Crippen LogP contribution < -0.4 is 11.5 Å². The third-order valence-corrected chi connectivity index (χ3v) is 3.97. The largest absolute Gasteiger partial charge is 0.420 e. The molecule has 1 heterocycles. The molecule has 2 N–H and O–H groups in total. The van der Waals surface area contributed by atoms with E-state index >= 15 is 0 Å². The lowest BCUT2D eigenvalue weighted by atomic mass is 9.99. The number of hydrogen-bond donors (Lipinski definition) is 1. The lowest BCUT2D eigenvalue weighted by Crippen LogP contribution is -2.35. The van der Waals surface area contributed by atoms with Crippen molar-refractivity contribution in [1.29, 1.82) is 0 Å². The van der Waals surface area contributed by atoms with Crippen molar-refractivity contribution in [2.24, 2.45) is 11.7 Å². The van der Waals surface area contributed by atoms with Crippen molar-refractivity contribution in [3.05, 3.63) is 34.8 Å². The zero-order valence-electron chi connectivity index (χ0n) is 10.3. The first-order chi connectivity index (χ1) is 8.75. The van der Waals surface area contributed by atoms with Crippen LogP contribution in [0.1, 0.15) is 25.7 Å². The summed E-state index contributed by atoms with van der Waals surface area (Å²) in [6.45, 7) is 0.556. The molecule has 1 aliphatic rings. The molecular weight excluding hydrogens is 228 g/mol. The van der Waals surface area contributed by atoms with Gasteiger partial charge >= 0.3 is 5.76 Å². The Morgan fingerprint density at radius 1 is 1.33 bits per heavy atom. The number of aromatic nitrogens is 1. The molecule has 0 bridgehead atoms. The zero-order valence-corrected chi connectivity index (χ0v) is 10.3. The molecule has 1 aliphatic carbocycles. The number of nitrogens with two attached hydrogens (primary N) is 1.